The second kappa shape index (κ2) is 10.2. The van der Waals surface area contributed by atoms with Gasteiger partial charge in [-0.1, -0.05) is 6.07 Å². The highest BCUT2D eigenvalue weighted by Crippen LogP contribution is 2.18. The molecule has 0 radical (unpaired) electrons. The van der Waals surface area contributed by atoms with Gasteiger partial charge in [-0.05, 0) is 43.3 Å². The van der Waals surface area contributed by atoms with Crippen LogP contribution in [-0.4, -0.2) is 39.4 Å². The number of nitrogens with one attached hydrogen (secondary N) is 2. The fourth-order valence-corrected chi connectivity index (χ4v) is 2.12. The number of rotatable bonds is 10. The monoisotopic (exact) mass is 344 g/mol. The first-order chi connectivity index (χ1) is 12.2. The third-order valence-electron chi connectivity index (χ3n) is 3.36. The van der Waals surface area contributed by atoms with Gasteiger partial charge in [0, 0.05) is 24.0 Å². The molecule has 0 spiro atoms. The fourth-order valence-electron chi connectivity index (χ4n) is 2.12. The molecule has 2 rings (SSSR count). The van der Waals surface area contributed by atoms with Gasteiger partial charge in [0.05, 0.1) is 20.3 Å². The minimum absolute atomic E-state index is 0.132. The number of ether oxygens (including phenoxy) is 3. The van der Waals surface area contributed by atoms with Crippen molar-refractivity contribution in [2.45, 2.75) is 6.92 Å². The first-order valence-electron chi connectivity index (χ1n) is 8.19. The van der Waals surface area contributed by atoms with E-state index in [9.17, 15) is 4.79 Å². The molecule has 0 aromatic heterocycles. The summed E-state index contributed by atoms with van der Waals surface area (Å²) in [6.07, 6.45) is 0. The third-order valence-corrected chi connectivity index (χ3v) is 3.36. The molecule has 134 valence electrons. The minimum Gasteiger partial charge on any atom is -0.497 e. The Morgan fingerprint density at radius 2 is 1.80 bits per heavy atom. The lowest BCUT2D eigenvalue weighted by molar-refractivity contribution is -0.114. The Morgan fingerprint density at radius 1 is 1.00 bits per heavy atom. The number of hydrogen-bond donors (Lipinski definition) is 2. The normalized spacial score (nSPS) is 10.2. The highest BCUT2D eigenvalue weighted by Gasteiger charge is 2.03. The van der Waals surface area contributed by atoms with E-state index in [0.29, 0.717) is 19.8 Å². The molecule has 1 amide bonds. The van der Waals surface area contributed by atoms with Gasteiger partial charge in [-0.25, -0.2) is 0 Å². The number of benzene rings is 2. The van der Waals surface area contributed by atoms with E-state index in [4.69, 9.17) is 14.2 Å². The Kier molecular flexibility index (Phi) is 7.59. The van der Waals surface area contributed by atoms with Crippen LogP contribution >= 0.6 is 0 Å². The van der Waals surface area contributed by atoms with E-state index in [1.165, 1.54) is 0 Å². The van der Waals surface area contributed by atoms with E-state index >= 15 is 0 Å². The van der Waals surface area contributed by atoms with Gasteiger partial charge in [0.15, 0.2) is 0 Å². The first-order valence-corrected chi connectivity index (χ1v) is 8.19. The maximum atomic E-state index is 12.0. The largest absolute Gasteiger partial charge is 0.497 e. The number of anilines is 2. The third kappa shape index (κ3) is 6.73. The van der Waals surface area contributed by atoms with E-state index in [0.717, 1.165) is 22.9 Å². The van der Waals surface area contributed by atoms with Crippen LogP contribution in [0.1, 0.15) is 6.92 Å². The molecule has 0 aliphatic rings. The maximum Gasteiger partial charge on any atom is 0.243 e. The summed E-state index contributed by atoms with van der Waals surface area (Å²) >= 11 is 0. The SMILES string of the molecule is CCOCCOc1cccc(NCC(=O)Nc2ccc(OC)cc2)c1. The van der Waals surface area contributed by atoms with Crippen LogP contribution in [-0.2, 0) is 9.53 Å². The summed E-state index contributed by atoms with van der Waals surface area (Å²) in [5.74, 6) is 1.35. The van der Waals surface area contributed by atoms with Crippen LogP contribution in [0.3, 0.4) is 0 Å². The number of amides is 1. The summed E-state index contributed by atoms with van der Waals surface area (Å²) in [6, 6.07) is 14.7. The molecule has 6 heteroatoms. The lowest BCUT2D eigenvalue weighted by atomic mass is 10.3. The Labute approximate surface area is 148 Å². The smallest absolute Gasteiger partial charge is 0.243 e. The molecule has 25 heavy (non-hydrogen) atoms. The van der Waals surface area contributed by atoms with Crippen molar-refractivity contribution in [2.24, 2.45) is 0 Å². The van der Waals surface area contributed by atoms with E-state index < -0.39 is 0 Å². The van der Waals surface area contributed by atoms with E-state index in [-0.39, 0.29) is 12.5 Å². The number of hydrogen-bond acceptors (Lipinski definition) is 5. The molecule has 6 nitrogen and oxygen atoms in total. The average Bonchev–Trinajstić information content (AvgIpc) is 2.65. The predicted octanol–water partition coefficient (Wildman–Crippen LogP) is 3.16. The maximum absolute atomic E-state index is 12.0. The summed E-state index contributed by atoms with van der Waals surface area (Å²) in [5, 5.41) is 5.90. The zero-order chi connectivity index (χ0) is 17.9. The predicted molar refractivity (Wildman–Crippen MR) is 98.5 cm³/mol. The molecule has 0 saturated heterocycles. The van der Waals surface area contributed by atoms with Gasteiger partial charge in [-0.15, -0.1) is 0 Å². The summed E-state index contributed by atoms with van der Waals surface area (Å²) < 4.78 is 15.9. The lowest BCUT2D eigenvalue weighted by Crippen LogP contribution is -2.21. The van der Waals surface area contributed by atoms with Crippen molar-refractivity contribution in [3.63, 3.8) is 0 Å². The lowest BCUT2D eigenvalue weighted by Gasteiger charge is -2.10. The van der Waals surface area contributed by atoms with Crippen molar-refractivity contribution >= 4 is 17.3 Å². The highest BCUT2D eigenvalue weighted by atomic mass is 16.5. The van der Waals surface area contributed by atoms with Gasteiger partial charge >= 0.3 is 0 Å². The van der Waals surface area contributed by atoms with Gasteiger partial charge in [0.2, 0.25) is 5.91 Å². The Balaban J connectivity index is 1.78. The van der Waals surface area contributed by atoms with Crippen LogP contribution in [0, 0.1) is 0 Å². The van der Waals surface area contributed by atoms with Gasteiger partial charge in [0.25, 0.3) is 0 Å². The number of carbonyl (C=O) groups excluding carboxylic acids is 1. The van der Waals surface area contributed by atoms with Crippen molar-refractivity contribution in [3.05, 3.63) is 48.5 Å². The van der Waals surface area contributed by atoms with E-state index in [1.54, 1.807) is 31.4 Å². The number of carbonyl (C=O) groups is 1. The molecule has 0 aliphatic carbocycles. The van der Waals surface area contributed by atoms with Crippen LogP contribution in [0.25, 0.3) is 0 Å². The molecule has 0 aliphatic heterocycles. The standard InChI is InChI=1S/C19H24N2O4/c1-3-24-11-12-25-18-6-4-5-16(13-18)20-14-19(22)21-15-7-9-17(23-2)10-8-15/h4-10,13,20H,3,11-12,14H2,1-2H3,(H,21,22). The molecule has 0 fully saturated rings. The van der Waals surface area contributed by atoms with Crippen LogP contribution in [0.15, 0.2) is 48.5 Å². The van der Waals surface area contributed by atoms with Gasteiger partial charge < -0.3 is 24.8 Å². The molecule has 2 aromatic carbocycles. The van der Waals surface area contributed by atoms with Crippen molar-refractivity contribution in [1.29, 1.82) is 0 Å². The second-order valence-corrected chi connectivity index (χ2v) is 5.20. The van der Waals surface area contributed by atoms with Gasteiger partial charge in [-0.2, -0.15) is 0 Å². The van der Waals surface area contributed by atoms with Gasteiger partial charge in [0.1, 0.15) is 18.1 Å². The molecule has 0 bridgehead atoms. The molecule has 0 heterocycles. The quantitative estimate of drug-likeness (QED) is 0.648. The molecule has 2 aromatic rings. The fraction of sp³-hybridized carbons (Fsp3) is 0.316. The zero-order valence-corrected chi connectivity index (χ0v) is 14.6. The van der Waals surface area contributed by atoms with Crippen molar-refractivity contribution in [1.82, 2.24) is 0 Å². The summed E-state index contributed by atoms with van der Waals surface area (Å²) in [7, 11) is 1.60. The molecule has 0 atom stereocenters. The Bertz CT molecular complexity index is 659. The Hall–Kier alpha value is -2.73. The second-order valence-electron chi connectivity index (χ2n) is 5.20. The molecule has 0 unspecified atom stereocenters. The number of methoxy groups -OCH3 is 1. The molecular weight excluding hydrogens is 320 g/mol. The Morgan fingerprint density at radius 3 is 2.52 bits per heavy atom. The zero-order valence-electron chi connectivity index (χ0n) is 14.6. The molecular formula is C19H24N2O4. The van der Waals surface area contributed by atoms with Crippen LogP contribution in [0.2, 0.25) is 0 Å². The van der Waals surface area contributed by atoms with Crippen molar-refractivity contribution in [3.8, 4) is 11.5 Å². The van der Waals surface area contributed by atoms with Crippen LogP contribution in [0.4, 0.5) is 11.4 Å². The summed E-state index contributed by atoms with van der Waals surface area (Å²) in [6.45, 7) is 3.83. The van der Waals surface area contributed by atoms with E-state index in [2.05, 4.69) is 10.6 Å². The molecule has 0 saturated carbocycles. The van der Waals surface area contributed by atoms with Crippen LogP contribution in [0.5, 0.6) is 11.5 Å². The van der Waals surface area contributed by atoms with Crippen molar-refractivity contribution < 1.29 is 19.0 Å². The highest BCUT2D eigenvalue weighted by molar-refractivity contribution is 5.93. The topological polar surface area (TPSA) is 68.8 Å². The summed E-state index contributed by atoms with van der Waals surface area (Å²) in [5.41, 5.74) is 1.54. The van der Waals surface area contributed by atoms with E-state index in [1.807, 2.05) is 31.2 Å². The molecule has 2 N–H and O–H groups in total. The van der Waals surface area contributed by atoms with Gasteiger partial charge in [-0.3, -0.25) is 4.79 Å². The average molecular weight is 344 g/mol. The first kappa shape index (κ1) is 18.6. The summed E-state index contributed by atoms with van der Waals surface area (Å²) in [4.78, 5) is 12.0. The van der Waals surface area contributed by atoms with Crippen molar-refractivity contribution in [2.75, 3.05) is 44.1 Å². The van der Waals surface area contributed by atoms with Crippen LogP contribution < -0.4 is 20.1 Å². The minimum atomic E-state index is -0.132.